The summed E-state index contributed by atoms with van der Waals surface area (Å²) in [4.78, 5) is 18.2. The van der Waals surface area contributed by atoms with Gasteiger partial charge in [-0.1, -0.05) is 41.9 Å². The molecule has 0 saturated carbocycles. The molecule has 2 heterocycles. The third-order valence-corrected chi connectivity index (χ3v) is 4.71. The van der Waals surface area contributed by atoms with Crippen LogP contribution in [-0.2, 0) is 16.1 Å². The molecule has 0 radical (unpaired) electrons. The van der Waals surface area contributed by atoms with Crippen LogP contribution < -0.4 is 5.32 Å². The highest BCUT2D eigenvalue weighted by Crippen LogP contribution is 2.24. The van der Waals surface area contributed by atoms with Crippen LogP contribution in [0.2, 0.25) is 5.02 Å². The van der Waals surface area contributed by atoms with Gasteiger partial charge in [0.2, 0.25) is 0 Å². The lowest BCUT2D eigenvalue weighted by molar-refractivity contribution is -0.137. The van der Waals surface area contributed by atoms with Gasteiger partial charge in [0, 0.05) is 37.9 Å². The zero-order valence-electron chi connectivity index (χ0n) is 15.4. The van der Waals surface area contributed by atoms with E-state index in [1.807, 2.05) is 6.07 Å². The molecular formula is C21H24ClN3O2. The maximum Gasteiger partial charge on any atom is 0.330 e. The van der Waals surface area contributed by atoms with Gasteiger partial charge in [0.05, 0.1) is 11.6 Å². The number of benzene rings is 1. The van der Waals surface area contributed by atoms with Crippen molar-refractivity contribution in [3.05, 3.63) is 64.8 Å². The summed E-state index contributed by atoms with van der Waals surface area (Å²) < 4.78 is 4.86. The Labute approximate surface area is 165 Å². The maximum absolute atomic E-state index is 11.4. The van der Waals surface area contributed by atoms with Crippen molar-refractivity contribution in [1.82, 2.24) is 9.88 Å². The molecule has 1 fully saturated rings. The van der Waals surface area contributed by atoms with Crippen molar-refractivity contribution < 1.29 is 9.53 Å². The molecule has 1 N–H and O–H groups in total. The molecule has 3 rings (SSSR count). The van der Waals surface area contributed by atoms with E-state index in [2.05, 4.69) is 39.5 Å². The Morgan fingerprint density at radius 1 is 1.41 bits per heavy atom. The largest absolute Gasteiger partial charge is 0.463 e. The Kier molecular flexibility index (Phi) is 6.85. The van der Waals surface area contributed by atoms with Gasteiger partial charge in [0.15, 0.2) is 0 Å². The Morgan fingerprint density at radius 3 is 2.96 bits per heavy atom. The quantitative estimate of drug-likeness (QED) is 0.576. The molecule has 27 heavy (non-hydrogen) atoms. The third kappa shape index (κ3) is 5.81. The summed E-state index contributed by atoms with van der Waals surface area (Å²) in [6.45, 7) is 5.09. The molecule has 6 heteroatoms. The lowest BCUT2D eigenvalue weighted by atomic mass is 10.2. The van der Waals surface area contributed by atoms with E-state index in [1.165, 1.54) is 11.6 Å². The van der Waals surface area contributed by atoms with Crippen LogP contribution in [0.5, 0.6) is 0 Å². The first-order chi connectivity index (χ1) is 13.1. The van der Waals surface area contributed by atoms with Gasteiger partial charge in [0.25, 0.3) is 0 Å². The van der Waals surface area contributed by atoms with Crippen molar-refractivity contribution in [3.8, 4) is 0 Å². The van der Waals surface area contributed by atoms with E-state index in [-0.39, 0.29) is 5.97 Å². The lowest BCUT2D eigenvalue weighted by Crippen LogP contribution is -2.26. The number of anilines is 1. The van der Waals surface area contributed by atoms with Gasteiger partial charge in [0.1, 0.15) is 5.82 Å². The fourth-order valence-electron chi connectivity index (χ4n) is 3.13. The molecule has 0 spiro atoms. The number of esters is 1. The molecule has 1 aromatic heterocycles. The van der Waals surface area contributed by atoms with E-state index in [1.54, 1.807) is 25.3 Å². The van der Waals surface area contributed by atoms with Crippen molar-refractivity contribution in [2.24, 2.45) is 0 Å². The van der Waals surface area contributed by atoms with E-state index in [9.17, 15) is 4.79 Å². The topological polar surface area (TPSA) is 54.5 Å². The smallest absolute Gasteiger partial charge is 0.330 e. The predicted octanol–water partition coefficient (Wildman–Crippen LogP) is 4.00. The number of likely N-dealkylation sites (tertiary alicyclic amines) is 1. The Hall–Kier alpha value is -2.37. The third-order valence-electron chi connectivity index (χ3n) is 4.42. The van der Waals surface area contributed by atoms with Crippen molar-refractivity contribution in [2.75, 3.05) is 25.0 Å². The monoisotopic (exact) mass is 385 g/mol. The zero-order chi connectivity index (χ0) is 19.1. The predicted molar refractivity (Wildman–Crippen MR) is 109 cm³/mol. The molecule has 0 unspecified atom stereocenters. The number of rotatable bonds is 7. The van der Waals surface area contributed by atoms with Gasteiger partial charge in [-0.05, 0) is 36.6 Å². The number of hydrogen-bond donors (Lipinski definition) is 1. The van der Waals surface area contributed by atoms with E-state index >= 15 is 0 Å². The summed E-state index contributed by atoms with van der Waals surface area (Å²) in [7, 11) is 0. The summed E-state index contributed by atoms with van der Waals surface area (Å²) in [6.07, 6.45) is 5.77. The summed E-state index contributed by atoms with van der Waals surface area (Å²) in [6, 6.07) is 12.6. The van der Waals surface area contributed by atoms with Crippen molar-refractivity contribution in [3.63, 3.8) is 0 Å². The second kappa shape index (κ2) is 9.53. The second-order valence-corrected chi connectivity index (χ2v) is 6.94. The summed E-state index contributed by atoms with van der Waals surface area (Å²) >= 11 is 6.36. The summed E-state index contributed by atoms with van der Waals surface area (Å²) in [5.74, 6) is 0.303. The lowest BCUT2D eigenvalue weighted by Gasteiger charge is -2.17. The zero-order valence-corrected chi connectivity index (χ0v) is 16.2. The molecule has 2 aromatic rings. The molecule has 0 bridgehead atoms. The van der Waals surface area contributed by atoms with E-state index < -0.39 is 0 Å². The van der Waals surface area contributed by atoms with Gasteiger partial charge >= 0.3 is 5.97 Å². The van der Waals surface area contributed by atoms with Crippen LogP contribution in [0.3, 0.4) is 0 Å². The number of carbonyl (C=O) groups is 1. The number of ether oxygens (including phenoxy) is 1. The van der Waals surface area contributed by atoms with E-state index in [0.29, 0.717) is 23.5 Å². The Morgan fingerprint density at radius 2 is 2.22 bits per heavy atom. The first-order valence-corrected chi connectivity index (χ1v) is 9.55. The van der Waals surface area contributed by atoms with Crippen LogP contribution in [0.4, 0.5) is 5.82 Å². The first-order valence-electron chi connectivity index (χ1n) is 9.17. The minimum absolute atomic E-state index is 0.319. The van der Waals surface area contributed by atoms with Crippen molar-refractivity contribution >= 4 is 29.5 Å². The molecule has 1 saturated heterocycles. The van der Waals surface area contributed by atoms with Crippen LogP contribution >= 0.6 is 11.6 Å². The Bertz CT molecular complexity index is 795. The minimum atomic E-state index is -0.375. The van der Waals surface area contributed by atoms with Crippen LogP contribution in [0, 0.1) is 0 Å². The number of aromatic nitrogens is 1. The van der Waals surface area contributed by atoms with Gasteiger partial charge in [-0.3, -0.25) is 4.90 Å². The second-order valence-electron chi connectivity index (χ2n) is 6.54. The van der Waals surface area contributed by atoms with Crippen LogP contribution in [0.1, 0.15) is 24.5 Å². The average molecular weight is 386 g/mol. The average Bonchev–Trinajstić information content (AvgIpc) is 3.10. The van der Waals surface area contributed by atoms with Crippen LogP contribution in [0.15, 0.2) is 48.7 Å². The van der Waals surface area contributed by atoms with Gasteiger partial charge in [-0.25, -0.2) is 9.78 Å². The number of hydrogen-bond acceptors (Lipinski definition) is 5. The molecule has 5 nitrogen and oxygen atoms in total. The maximum atomic E-state index is 11.4. The number of carbonyl (C=O) groups excluding carboxylic acids is 1. The number of pyridine rings is 1. The van der Waals surface area contributed by atoms with Crippen LogP contribution in [0.25, 0.3) is 6.08 Å². The highest BCUT2D eigenvalue weighted by molar-refractivity contribution is 6.33. The SMILES string of the molecule is CCOC(=O)C=Cc1cnc(N[C@@H]2CCN(Cc3ccccc3)C2)c(Cl)c1. The standard InChI is InChI=1S/C21H24ClN3O2/c1-2-27-20(26)9-8-17-12-19(22)21(23-13-17)24-18-10-11-25(15-18)14-16-6-4-3-5-7-16/h3-9,12-13,18H,2,10-11,14-15H2,1H3,(H,23,24)/t18-/m1/s1. The summed E-state index contributed by atoms with van der Waals surface area (Å²) in [5.41, 5.74) is 2.09. The van der Waals surface area contributed by atoms with Gasteiger partial charge in [-0.2, -0.15) is 0 Å². The fraction of sp³-hybridized carbons (Fsp3) is 0.333. The Balaban J connectivity index is 1.54. The molecule has 1 aliphatic rings. The normalized spacial score (nSPS) is 17.3. The number of halogens is 1. The molecule has 1 atom stereocenters. The van der Waals surface area contributed by atoms with E-state index in [4.69, 9.17) is 16.3 Å². The molecule has 1 aliphatic heterocycles. The number of nitrogens with zero attached hydrogens (tertiary/aromatic N) is 2. The highest BCUT2D eigenvalue weighted by atomic mass is 35.5. The molecule has 142 valence electrons. The molecule has 0 aliphatic carbocycles. The van der Waals surface area contributed by atoms with Crippen LogP contribution in [-0.4, -0.2) is 41.6 Å². The van der Waals surface area contributed by atoms with Crippen molar-refractivity contribution in [2.45, 2.75) is 25.9 Å². The van der Waals surface area contributed by atoms with E-state index in [0.717, 1.165) is 31.6 Å². The van der Waals surface area contributed by atoms with Gasteiger partial charge in [-0.15, -0.1) is 0 Å². The van der Waals surface area contributed by atoms with Crippen molar-refractivity contribution in [1.29, 1.82) is 0 Å². The number of nitrogens with one attached hydrogen (secondary N) is 1. The molecule has 1 aromatic carbocycles. The molecule has 0 amide bonds. The summed E-state index contributed by atoms with van der Waals surface area (Å²) in [5, 5.41) is 3.98. The van der Waals surface area contributed by atoms with Gasteiger partial charge < -0.3 is 10.1 Å². The molecular weight excluding hydrogens is 362 g/mol. The minimum Gasteiger partial charge on any atom is -0.463 e. The highest BCUT2D eigenvalue weighted by Gasteiger charge is 2.23. The first kappa shape index (κ1) is 19.4. The fourth-order valence-corrected chi connectivity index (χ4v) is 3.36.